The SMILES string of the molecule is CC(C)(C1CC=C(N)CC1)C1CCC(N)CC1. The minimum atomic E-state index is 0.456. The van der Waals surface area contributed by atoms with Crippen molar-refractivity contribution in [3.8, 4) is 0 Å². The number of rotatable bonds is 2. The summed E-state index contributed by atoms with van der Waals surface area (Å²) in [6, 6.07) is 0.462. The smallest absolute Gasteiger partial charge is 0.00401 e. The van der Waals surface area contributed by atoms with Crippen LogP contribution in [-0.2, 0) is 0 Å². The van der Waals surface area contributed by atoms with Crippen molar-refractivity contribution in [2.45, 2.75) is 64.8 Å². The molecule has 1 unspecified atom stereocenters. The van der Waals surface area contributed by atoms with E-state index in [1.54, 1.807) is 0 Å². The largest absolute Gasteiger partial charge is 0.402 e. The molecule has 2 heteroatoms. The normalized spacial score (nSPS) is 35.5. The van der Waals surface area contributed by atoms with E-state index in [2.05, 4.69) is 19.9 Å². The van der Waals surface area contributed by atoms with Crippen molar-refractivity contribution in [3.05, 3.63) is 11.8 Å². The van der Waals surface area contributed by atoms with Crippen LogP contribution in [0.4, 0.5) is 0 Å². The third-order valence-electron chi connectivity index (χ3n) is 5.32. The first kappa shape index (κ1) is 12.9. The average Bonchev–Trinajstić information content (AvgIpc) is 2.30. The van der Waals surface area contributed by atoms with Gasteiger partial charge in [-0.25, -0.2) is 0 Å². The maximum absolute atomic E-state index is 6.01. The summed E-state index contributed by atoms with van der Waals surface area (Å²) >= 11 is 0. The summed E-state index contributed by atoms with van der Waals surface area (Å²) in [7, 11) is 0. The third kappa shape index (κ3) is 2.85. The molecule has 0 amide bonds. The highest BCUT2D eigenvalue weighted by Crippen LogP contribution is 2.47. The summed E-state index contributed by atoms with van der Waals surface area (Å²) < 4.78 is 0. The second kappa shape index (κ2) is 5.01. The molecule has 1 atom stereocenters. The molecule has 0 saturated heterocycles. The Bertz CT molecular complexity index is 285. The van der Waals surface area contributed by atoms with Gasteiger partial charge >= 0.3 is 0 Å². The van der Waals surface area contributed by atoms with E-state index in [4.69, 9.17) is 11.5 Å². The predicted octanol–water partition coefficient (Wildman–Crippen LogP) is 3.17. The first-order valence-electron chi connectivity index (χ1n) is 7.20. The highest BCUT2D eigenvalue weighted by atomic mass is 14.6. The van der Waals surface area contributed by atoms with E-state index in [-0.39, 0.29) is 0 Å². The summed E-state index contributed by atoms with van der Waals surface area (Å²) in [5.41, 5.74) is 13.4. The Morgan fingerprint density at radius 1 is 1.06 bits per heavy atom. The molecule has 0 radical (unpaired) electrons. The summed E-state index contributed by atoms with van der Waals surface area (Å²) in [5, 5.41) is 0. The number of hydrogen-bond donors (Lipinski definition) is 2. The molecule has 0 heterocycles. The Kier molecular flexibility index (Phi) is 3.82. The van der Waals surface area contributed by atoms with E-state index < -0.39 is 0 Å². The van der Waals surface area contributed by atoms with E-state index in [0.29, 0.717) is 11.5 Å². The lowest BCUT2D eigenvalue weighted by Crippen LogP contribution is -2.38. The van der Waals surface area contributed by atoms with Crippen molar-refractivity contribution in [1.82, 2.24) is 0 Å². The molecular weight excluding hydrogens is 208 g/mol. The molecule has 98 valence electrons. The lowest BCUT2D eigenvalue weighted by atomic mass is 9.61. The van der Waals surface area contributed by atoms with Crippen LogP contribution >= 0.6 is 0 Å². The fourth-order valence-corrected chi connectivity index (χ4v) is 3.73. The van der Waals surface area contributed by atoms with Gasteiger partial charge in [-0.15, -0.1) is 0 Å². The van der Waals surface area contributed by atoms with E-state index in [9.17, 15) is 0 Å². The van der Waals surface area contributed by atoms with Crippen LogP contribution in [0.25, 0.3) is 0 Å². The molecule has 0 bridgehead atoms. The van der Waals surface area contributed by atoms with Gasteiger partial charge in [0.1, 0.15) is 0 Å². The number of hydrogen-bond acceptors (Lipinski definition) is 2. The Hall–Kier alpha value is -0.500. The van der Waals surface area contributed by atoms with Crippen LogP contribution < -0.4 is 11.5 Å². The summed E-state index contributed by atoms with van der Waals surface area (Å²) in [6.07, 6.45) is 10.9. The van der Waals surface area contributed by atoms with Gasteiger partial charge in [-0.2, -0.15) is 0 Å². The molecular formula is C15H28N2. The second-order valence-corrected chi connectivity index (χ2v) is 6.68. The molecule has 2 aliphatic carbocycles. The number of allylic oxidation sites excluding steroid dienone is 2. The molecule has 0 aromatic heterocycles. The maximum atomic E-state index is 6.01. The van der Waals surface area contributed by atoms with Crippen molar-refractivity contribution >= 4 is 0 Å². The van der Waals surface area contributed by atoms with Crippen molar-refractivity contribution in [3.63, 3.8) is 0 Å². The summed E-state index contributed by atoms with van der Waals surface area (Å²) in [4.78, 5) is 0. The van der Waals surface area contributed by atoms with Crippen molar-refractivity contribution in [2.24, 2.45) is 28.7 Å². The monoisotopic (exact) mass is 236 g/mol. The fraction of sp³-hybridized carbons (Fsp3) is 0.867. The quantitative estimate of drug-likeness (QED) is 0.773. The molecule has 0 spiro atoms. The van der Waals surface area contributed by atoms with Crippen molar-refractivity contribution in [1.29, 1.82) is 0 Å². The molecule has 0 aromatic rings. The molecule has 2 rings (SSSR count). The van der Waals surface area contributed by atoms with Crippen LogP contribution in [0.2, 0.25) is 0 Å². The zero-order valence-corrected chi connectivity index (χ0v) is 11.4. The molecule has 0 aliphatic heterocycles. The van der Waals surface area contributed by atoms with Crippen LogP contribution in [0.15, 0.2) is 11.8 Å². The third-order valence-corrected chi connectivity index (χ3v) is 5.32. The van der Waals surface area contributed by atoms with Gasteiger partial charge in [-0.1, -0.05) is 19.9 Å². The van der Waals surface area contributed by atoms with E-state index in [1.165, 1.54) is 38.5 Å². The van der Waals surface area contributed by atoms with Gasteiger partial charge in [0.05, 0.1) is 0 Å². The Labute approximate surface area is 106 Å². The minimum Gasteiger partial charge on any atom is -0.402 e. The lowest BCUT2D eigenvalue weighted by molar-refractivity contribution is 0.0713. The number of nitrogens with two attached hydrogens (primary N) is 2. The first-order valence-corrected chi connectivity index (χ1v) is 7.20. The summed E-state index contributed by atoms with van der Waals surface area (Å²) in [6.45, 7) is 4.93. The first-order chi connectivity index (χ1) is 8.00. The topological polar surface area (TPSA) is 52.0 Å². The zero-order chi connectivity index (χ0) is 12.5. The van der Waals surface area contributed by atoms with E-state index >= 15 is 0 Å². The molecule has 4 N–H and O–H groups in total. The van der Waals surface area contributed by atoms with Crippen molar-refractivity contribution in [2.75, 3.05) is 0 Å². The van der Waals surface area contributed by atoms with Gasteiger partial charge in [0.25, 0.3) is 0 Å². The molecule has 0 aromatic carbocycles. The molecule has 1 fully saturated rings. The van der Waals surface area contributed by atoms with Crippen LogP contribution in [0.3, 0.4) is 0 Å². The van der Waals surface area contributed by atoms with Gasteiger partial charge in [0.15, 0.2) is 0 Å². The lowest BCUT2D eigenvalue weighted by Gasteiger charge is -2.45. The summed E-state index contributed by atoms with van der Waals surface area (Å²) in [5.74, 6) is 1.68. The van der Waals surface area contributed by atoms with Crippen LogP contribution in [0.1, 0.15) is 58.8 Å². The maximum Gasteiger partial charge on any atom is 0.00401 e. The second-order valence-electron chi connectivity index (χ2n) is 6.68. The van der Waals surface area contributed by atoms with Crippen LogP contribution in [0.5, 0.6) is 0 Å². The Balaban J connectivity index is 1.98. The van der Waals surface area contributed by atoms with Gasteiger partial charge in [-0.3, -0.25) is 0 Å². The molecule has 1 saturated carbocycles. The van der Waals surface area contributed by atoms with E-state index in [0.717, 1.165) is 24.0 Å². The Morgan fingerprint density at radius 2 is 1.71 bits per heavy atom. The van der Waals surface area contributed by atoms with Gasteiger partial charge in [-0.05, 0) is 62.2 Å². The molecule has 2 aliphatic rings. The van der Waals surface area contributed by atoms with Gasteiger partial charge in [0.2, 0.25) is 0 Å². The van der Waals surface area contributed by atoms with E-state index in [1.807, 2.05) is 0 Å². The van der Waals surface area contributed by atoms with Crippen LogP contribution in [-0.4, -0.2) is 6.04 Å². The Morgan fingerprint density at radius 3 is 2.24 bits per heavy atom. The average molecular weight is 236 g/mol. The van der Waals surface area contributed by atoms with Gasteiger partial charge < -0.3 is 11.5 Å². The van der Waals surface area contributed by atoms with Crippen LogP contribution in [0, 0.1) is 17.3 Å². The zero-order valence-electron chi connectivity index (χ0n) is 11.4. The van der Waals surface area contributed by atoms with Gasteiger partial charge in [0, 0.05) is 11.7 Å². The highest BCUT2D eigenvalue weighted by Gasteiger charge is 2.38. The predicted molar refractivity (Wildman–Crippen MR) is 73.3 cm³/mol. The standard InChI is InChI=1S/C15H28N2/c1-15(2,11-3-7-13(16)8-4-11)12-5-9-14(17)10-6-12/h7,11-12,14H,3-6,8-10,16-17H2,1-2H3. The molecule has 2 nitrogen and oxygen atoms in total. The minimum absolute atomic E-state index is 0.456. The highest BCUT2D eigenvalue weighted by molar-refractivity contribution is 5.04. The molecule has 17 heavy (non-hydrogen) atoms. The fourth-order valence-electron chi connectivity index (χ4n) is 3.73. The van der Waals surface area contributed by atoms with Crippen molar-refractivity contribution < 1.29 is 0 Å².